The molecule has 3 aromatic rings. The number of aromatic amines is 1. The Hall–Kier alpha value is -3.95. The summed E-state index contributed by atoms with van der Waals surface area (Å²) in [4.78, 5) is 50.1. The number of carbonyl (C=O) groups is 1. The molecule has 1 aromatic heterocycles. The van der Waals surface area contributed by atoms with Gasteiger partial charge in [0.25, 0.3) is 5.69 Å². The van der Waals surface area contributed by atoms with Gasteiger partial charge in [0.05, 0.1) is 22.2 Å². The van der Waals surface area contributed by atoms with E-state index in [2.05, 4.69) is 15.6 Å². The van der Waals surface area contributed by atoms with E-state index in [0.29, 0.717) is 11.4 Å². The predicted octanol–water partition coefficient (Wildman–Crippen LogP) is 1.59. The molecule has 28 heavy (non-hydrogen) atoms. The second kappa shape index (κ2) is 6.65. The predicted molar refractivity (Wildman–Crippen MR) is 103 cm³/mol. The molecule has 10 nitrogen and oxygen atoms in total. The number of nitrogens with zero attached hydrogens (tertiary/aromatic N) is 2. The summed E-state index contributed by atoms with van der Waals surface area (Å²) in [6.45, 7) is 0.228. The van der Waals surface area contributed by atoms with Gasteiger partial charge in [-0.3, -0.25) is 29.1 Å². The van der Waals surface area contributed by atoms with Crippen LogP contribution in [-0.2, 0) is 4.79 Å². The lowest BCUT2D eigenvalue weighted by Crippen LogP contribution is -2.43. The van der Waals surface area contributed by atoms with Gasteiger partial charge in [0.1, 0.15) is 5.52 Å². The van der Waals surface area contributed by atoms with Crippen molar-refractivity contribution in [3.05, 3.63) is 73.3 Å². The summed E-state index contributed by atoms with van der Waals surface area (Å²) < 4.78 is 1.18. The van der Waals surface area contributed by atoms with E-state index in [0.717, 1.165) is 0 Å². The van der Waals surface area contributed by atoms with Gasteiger partial charge in [-0.15, -0.1) is 0 Å². The normalized spacial score (nSPS) is 15.1. The number of nitro groups is 1. The van der Waals surface area contributed by atoms with Gasteiger partial charge in [-0.1, -0.05) is 18.2 Å². The number of nitrogens with one attached hydrogen (secondary N) is 3. The van der Waals surface area contributed by atoms with Crippen molar-refractivity contribution in [3.63, 3.8) is 0 Å². The molecule has 0 aliphatic carbocycles. The molecule has 142 valence electrons. The highest BCUT2D eigenvalue weighted by atomic mass is 16.6. The molecule has 0 saturated heterocycles. The number of hydrogen-bond acceptors (Lipinski definition) is 6. The van der Waals surface area contributed by atoms with Crippen molar-refractivity contribution in [2.75, 3.05) is 17.2 Å². The lowest BCUT2D eigenvalue weighted by molar-refractivity contribution is -0.383. The highest BCUT2D eigenvalue weighted by Crippen LogP contribution is 2.33. The van der Waals surface area contributed by atoms with Crippen LogP contribution in [-0.4, -0.2) is 26.9 Å². The average molecular weight is 381 g/mol. The van der Waals surface area contributed by atoms with Crippen molar-refractivity contribution in [1.29, 1.82) is 0 Å². The van der Waals surface area contributed by atoms with Crippen LogP contribution < -0.4 is 21.8 Å². The molecule has 0 saturated carbocycles. The zero-order valence-corrected chi connectivity index (χ0v) is 14.5. The zero-order valence-electron chi connectivity index (χ0n) is 14.5. The number of para-hydroxylation sites is 1. The second-order valence-electron chi connectivity index (χ2n) is 6.40. The Bertz CT molecular complexity index is 1210. The number of nitro benzene ring substituents is 1. The number of amides is 1. The van der Waals surface area contributed by atoms with Crippen LogP contribution in [0.2, 0.25) is 0 Å². The van der Waals surface area contributed by atoms with Crippen molar-refractivity contribution in [2.24, 2.45) is 0 Å². The van der Waals surface area contributed by atoms with E-state index in [9.17, 15) is 24.5 Å². The number of anilines is 2. The third-order valence-corrected chi connectivity index (χ3v) is 4.62. The van der Waals surface area contributed by atoms with Crippen molar-refractivity contribution in [1.82, 2.24) is 9.55 Å². The van der Waals surface area contributed by atoms with E-state index in [-0.39, 0.29) is 35.6 Å². The van der Waals surface area contributed by atoms with Gasteiger partial charge < -0.3 is 15.6 Å². The van der Waals surface area contributed by atoms with Crippen LogP contribution in [0.4, 0.5) is 17.1 Å². The summed E-state index contributed by atoms with van der Waals surface area (Å²) in [5, 5.41) is 17.1. The first kappa shape index (κ1) is 17.5. The van der Waals surface area contributed by atoms with E-state index >= 15 is 0 Å². The van der Waals surface area contributed by atoms with E-state index in [4.69, 9.17) is 0 Å². The molecule has 1 unspecified atom stereocenters. The Kier molecular flexibility index (Phi) is 4.15. The molecular weight excluding hydrogens is 366 g/mol. The molecule has 3 N–H and O–H groups in total. The molecule has 1 aliphatic rings. The number of benzene rings is 2. The number of carbonyl (C=O) groups excluding carboxylic acids is 1. The number of rotatable bonds is 4. The largest absolute Gasteiger partial charge is 0.381 e. The maximum atomic E-state index is 12.5. The molecule has 1 atom stereocenters. The maximum Gasteiger partial charge on any atom is 0.317 e. The molecule has 1 aliphatic heterocycles. The standard InChI is InChI=1S/C18H15N5O5/c24-14(20-10-4-2-1-3-5-10)8-11-9-19-12-6-7-13(23(27)28)15-16(12)22(11)18(26)17(25)21-15/h1-7,11,19H,8-9H2,(H,20,24)(H,21,25). The molecule has 4 rings (SSSR count). The van der Waals surface area contributed by atoms with Crippen LogP contribution in [0.3, 0.4) is 0 Å². The van der Waals surface area contributed by atoms with Crippen molar-refractivity contribution in [3.8, 4) is 0 Å². The molecule has 0 fully saturated rings. The first-order valence-electron chi connectivity index (χ1n) is 8.50. The third kappa shape index (κ3) is 2.90. The number of hydrogen-bond donors (Lipinski definition) is 3. The molecule has 10 heteroatoms. The molecule has 1 amide bonds. The number of non-ortho nitro benzene ring substituents is 1. The fourth-order valence-electron chi connectivity index (χ4n) is 3.41. The fourth-order valence-corrected chi connectivity index (χ4v) is 3.41. The molecule has 2 heterocycles. The minimum absolute atomic E-state index is 0.0484. The Morgan fingerprint density at radius 2 is 1.96 bits per heavy atom. The molecule has 0 radical (unpaired) electrons. The SMILES string of the molecule is O=C(CC1CNc2ccc([N+](=O)[O-])c3[nH]c(=O)c(=O)n1c23)Nc1ccccc1. The summed E-state index contributed by atoms with van der Waals surface area (Å²) in [7, 11) is 0. The summed E-state index contributed by atoms with van der Waals surface area (Å²) in [6, 6.07) is 10.9. The molecule has 2 aromatic carbocycles. The maximum absolute atomic E-state index is 12.5. The van der Waals surface area contributed by atoms with Gasteiger partial charge in [-0.05, 0) is 18.2 Å². The molecule has 0 spiro atoms. The van der Waals surface area contributed by atoms with Gasteiger partial charge in [0, 0.05) is 24.7 Å². The van der Waals surface area contributed by atoms with E-state index in [1.54, 1.807) is 24.3 Å². The van der Waals surface area contributed by atoms with E-state index in [1.165, 1.54) is 16.7 Å². The Labute approximate surface area is 157 Å². The van der Waals surface area contributed by atoms with Gasteiger partial charge in [0.2, 0.25) is 5.91 Å². The first-order valence-corrected chi connectivity index (χ1v) is 8.50. The topological polar surface area (TPSA) is 139 Å². The van der Waals surface area contributed by atoms with Gasteiger partial charge >= 0.3 is 11.1 Å². The van der Waals surface area contributed by atoms with E-state index in [1.807, 2.05) is 6.07 Å². The Morgan fingerprint density at radius 3 is 2.68 bits per heavy atom. The average Bonchev–Trinajstić information content (AvgIpc) is 2.67. The Balaban J connectivity index is 1.78. The van der Waals surface area contributed by atoms with Crippen LogP contribution in [0.25, 0.3) is 11.0 Å². The highest BCUT2D eigenvalue weighted by molar-refractivity contribution is 5.96. The summed E-state index contributed by atoms with van der Waals surface area (Å²) >= 11 is 0. The van der Waals surface area contributed by atoms with Crippen LogP contribution in [0.1, 0.15) is 12.5 Å². The minimum atomic E-state index is -0.969. The van der Waals surface area contributed by atoms with E-state index < -0.39 is 22.1 Å². The molecule has 0 bridgehead atoms. The van der Waals surface area contributed by atoms with Crippen LogP contribution >= 0.6 is 0 Å². The van der Waals surface area contributed by atoms with Gasteiger partial charge in [0.15, 0.2) is 0 Å². The van der Waals surface area contributed by atoms with Crippen molar-refractivity contribution < 1.29 is 9.72 Å². The van der Waals surface area contributed by atoms with Gasteiger partial charge in [-0.25, -0.2) is 0 Å². The summed E-state index contributed by atoms with van der Waals surface area (Å²) in [6.07, 6.45) is -0.0809. The molecular formula is C18H15N5O5. The van der Waals surface area contributed by atoms with Crippen LogP contribution in [0.15, 0.2) is 52.1 Å². The van der Waals surface area contributed by atoms with Crippen LogP contribution in [0, 0.1) is 10.1 Å². The fraction of sp³-hybridized carbons (Fsp3) is 0.167. The van der Waals surface area contributed by atoms with Crippen molar-refractivity contribution in [2.45, 2.75) is 12.5 Å². The van der Waals surface area contributed by atoms with Crippen LogP contribution in [0.5, 0.6) is 0 Å². The lowest BCUT2D eigenvalue weighted by Gasteiger charge is -2.28. The smallest absolute Gasteiger partial charge is 0.317 e. The quantitative estimate of drug-likeness (QED) is 0.356. The number of H-pyrrole nitrogens is 1. The third-order valence-electron chi connectivity index (χ3n) is 4.62. The summed E-state index contributed by atoms with van der Waals surface area (Å²) in [5.74, 6) is -0.341. The lowest BCUT2D eigenvalue weighted by atomic mass is 10.1. The zero-order chi connectivity index (χ0) is 19.8. The highest BCUT2D eigenvalue weighted by Gasteiger charge is 2.29. The minimum Gasteiger partial charge on any atom is -0.381 e. The summed E-state index contributed by atoms with van der Waals surface area (Å²) in [5.41, 5.74) is -0.892. The second-order valence-corrected chi connectivity index (χ2v) is 6.40. The van der Waals surface area contributed by atoms with Crippen molar-refractivity contribution >= 4 is 34.0 Å². The number of aromatic nitrogens is 2. The first-order chi connectivity index (χ1) is 13.5. The van der Waals surface area contributed by atoms with Gasteiger partial charge in [-0.2, -0.15) is 0 Å². The Morgan fingerprint density at radius 1 is 1.21 bits per heavy atom. The monoisotopic (exact) mass is 381 g/mol.